The molecule has 2 bridgehead atoms. The van der Waals surface area contributed by atoms with Crippen molar-refractivity contribution < 1.29 is 0 Å². The Morgan fingerprint density at radius 2 is 1.89 bits per heavy atom. The molecule has 2 heterocycles. The molecule has 1 aromatic heterocycles. The Morgan fingerprint density at radius 3 is 2.56 bits per heavy atom. The number of likely N-dealkylation sites (tertiary alicyclic amines) is 1. The third-order valence-corrected chi connectivity index (χ3v) is 5.40. The Kier molecular flexibility index (Phi) is 2.44. The Morgan fingerprint density at radius 1 is 1.17 bits per heavy atom. The van der Waals surface area contributed by atoms with Crippen molar-refractivity contribution in [3.63, 3.8) is 0 Å². The SMILES string of the molecule is Cc1cncc(CN2CC3C4CCC(C4)C3C2)n1. The van der Waals surface area contributed by atoms with Crippen LogP contribution in [0.5, 0.6) is 0 Å². The van der Waals surface area contributed by atoms with E-state index in [4.69, 9.17) is 0 Å². The van der Waals surface area contributed by atoms with E-state index in [0.29, 0.717) is 0 Å². The zero-order valence-corrected chi connectivity index (χ0v) is 11.0. The van der Waals surface area contributed by atoms with Gasteiger partial charge in [-0.2, -0.15) is 0 Å². The molecule has 0 amide bonds. The van der Waals surface area contributed by atoms with Gasteiger partial charge < -0.3 is 0 Å². The molecular weight excluding hydrogens is 222 g/mol. The van der Waals surface area contributed by atoms with E-state index >= 15 is 0 Å². The molecular formula is C15H21N3. The van der Waals surface area contributed by atoms with Crippen molar-refractivity contribution in [2.24, 2.45) is 23.7 Å². The average Bonchev–Trinajstić information content (AvgIpc) is 2.99. The van der Waals surface area contributed by atoms with Crippen LogP contribution in [-0.2, 0) is 6.54 Å². The molecule has 4 atom stereocenters. The molecule has 1 aromatic rings. The zero-order valence-electron chi connectivity index (χ0n) is 11.0. The highest BCUT2D eigenvalue weighted by Crippen LogP contribution is 2.55. The normalized spacial score (nSPS) is 38.3. The van der Waals surface area contributed by atoms with Crippen molar-refractivity contribution in [2.45, 2.75) is 32.7 Å². The predicted molar refractivity (Wildman–Crippen MR) is 69.9 cm³/mol. The zero-order chi connectivity index (χ0) is 12.1. The molecule has 0 spiro atoms. The highest BCUT2D eigenvalue weighted by Gasteiger charge is 2.51. The molecule has 1 saturated heterocycles. The number of rotatable bonds is 2. The number of hydrogen-bond donors (Lipinski definition) is 0. The highest BCUT2D eigenvalue weighted by atomic mass is 15.2. The van der Waals surface area contributed by atoms with Gasteiger partial charge in [-0.15, -0.1) is 0 Å². The summed E-state index contributed by atoms with van der Waals surface area (Å²) < 4.78 is 0. The summed E-state index contributed by atoms with van der Waals surface area (Å²) in [6.07, 6.45) is 8.30. The number of aryl methyl sites for hydroxylation is 1. The molecule has 3 nitrogen and oxygen atoms in total. The Labute approximate surface area is 109 Å². The van der Waals surface area contributed by atoms with E-state index in [1.54, 1.807) is 0 Å². The van der Waals surface area contributed by atoms with Crippen molar-refractivity contribution in [3.05, 3.63) is 23.8 Å². The van der Waals surface area contributed by atoms with E-state index in [0.717, 1.165) is 41.6 Å². The molecule has 3 heteroatoms. The van der Waals surface area contributed by atoms with Crippen LogP contribution in [0.25, 0.3) is 0 Å². The van der Waals surface area contributed by atoms with Crippen molar-refractivity contribution in [1.29, 1.82) is 0 Å². The summed E-state index contributed by atoms with van der Waals surface area (Å²) in [4.78, 5) is 11.4. The summed E-state index contributed by atoms with van der Waals surface area (Å²) in [7, 11) is 0. The first kappa shape index (κ1) is 10.9. The Balaban J connectivity index is 1.46. The summed E-state index contributed by atoms with van der Waals surface area (Å²) in [5.74, 6) is 4.10. The topological polar surface area (TPSA) is 29.0 Å². The lowest BCUT2D eigenvalue weighted by molar-refractivity contribution is 0.281. The van der Waals surface area contributed by atoms with Crippen LogP contribution in [0.3, 0.4) is 0 Å². The van der Waals surface area contributed by atoms with Crippen LogP contribution in [0.4, 0.5) is 0 Å². The van der Waals surface area contributed by atoms with E-state index < -0.39 is 0 Å². The third-order valence-electron chi connectivity index (χ3n) is 5.40. The lowest BCUT2D eigenvalue weighted by Crippen LogP contribution is -2.23. The average molecular weight is 243 g/mol. The molecule has 0 aromatic carbocycles. The van der Waals surface area contributed by atoms with E-state index in [1.807, 2.05) is 19.3 Å². The summed E-state index contributed by atoms with van der Waals surface area (Å²) >= 11 is 0. The molecule has 0 N–H and O–H groups in total. The third kappa shape index (κ3) is 1.68. The fourth-order valence-corrected chi connectivity index (χ4v) is 4.72. The van der Waals surface area contributed by atoms with Crippen LogP contribution in [0.2, 0.25) is 0 Å². The van der Waals surface area contributed by atoms with Crippen molar-refractivity contribution in [3.8, 4) is 0 Å². The number of nitrogens with zero attached hydrogens (tertiary/aromatic N) is 3. The quantitative estimate of drug-likeness (QED) is 0.798. The Bertz CT molecular complexity index is 441. The van der Waals surface area contributed by atoms with E-state index in [1.165, 1.54) is 32.4 Å². The van der Waals surface area contributed by atoms with Crippen LogP contribution < -0.4 is 0 Å². The van der Waals surface area contributed by atoms with Crippen LogP contribution in [-0.4, -0.2) is 28.0 Å². The standard InChI is InChI=1S/C15H21N3/c1-10-5-16-6-13(17-10)7-18-8-14-11-2-3-12(4-11)15(14)9-18/h5-6,11-12,14-15H,2-4,7-9H2,1H3. The van der Waals surface area contributed by atoms with Crippen LogP contribution in [0, 0.1) is 30.6 Å². The molecule has 2 saturated carbocycles. The maximum Gasteiger partial charge on any atom is 0.0730 e. The molecule has 2 aliphatic carbocycles. The molecule has 3 aliphatic rings. The second-order valence-corrected chi connectivity index (χ2v) is 6.51. The molecule has 96 valence electrons. The molecule has 4 unspecified atom stereocenters. The molecule has 0 radical (unpaired) electrons. The van der Waals surface area contributed by atoms with E-state index in [2.05, 4.69) is 14.9 Å². The van der Waals surface area contributed by atoms with Crippen molar-refractivity contribution in [1.82, 2.24) is 14.9 Å². The van der Waals surface area contributed by atoms with Gasteiger partial charge in [-0.3, -0.25) is 14.9 Å². The largest absolute Gasteiger partial charge is 0.297 e. The van der Waals surface area contributed by atoms with Crippen molar-refractivity contribution in [2.75, 3.05) is 13.1 Å². The lowest BCUT2D eigenvalue weighted by Gasteiger charge is -2.22. The smallest absolute Gasteiger partial charge is 0.0730 e. The van der Waals surface area contributed by atoms with Crippen LogP contribution >= 0.6 is 0 Å². The molecule has 18 heavy (non-hydrogen) atoms. The van der Waals surface area contributed by atoms with Crippen LogP contribution in [0.15, 0.2) is 12.4 Å². The lowest BCUT2D eigenvalue weighted by atomic mass is 9.82. The van der Waals surface area contributed by atoms with Gasteiger partial charge in [-0.05, 0) is 49.9 Å². The monoisotopic (exact) mass is 243 g/mol. The van der Waals surface area contributed by atoms with Gasteiger partial charge >= 0.3 is 0 Å². The maximum absolute atomic E-state index is 4.58. The second-order valence-electron chi connectivity index (χ2n) is 6.51. The van der Waals surface area contributed by atoms with Gasteiger partial charge in [0.15, 0.2) is 0 Å². The van der Waals surface area contributed by atoms with E-state index in [9.17, 15) is 0 Å². The number of hydrogen-bond acceptors (Lipinski definition) is 3. The fourth-order valence-electron chi connectivity index (χ4n) is 4.72. The second kappa shape index (κ2) is 4.02. The van der Waals surface area contributed by atoms with Gasteiger partial charge in [-0.1, -0.05) is 0 Å². The van der Waals surface area contributed by atoms with E-state index in [-0.39, 0.29) is 0 Å². The molecule has 1 aliphatic heterocycles. The summed E-state index contributed by atoms with van der Waals surface area (Å²) in [5.41, 5.74) is 2.18. The maximum atomic E-state index is 4.58. The van der Waals surface area contributed by atoms with Gasteiger partial charge in [-0.25, -0.2) is 0 Å². The minimum Gasteiger partial charge on any atom is -0.297 e. The minimum absolute atomic E-state index is 1.00. The first-order valence-electron chi connectivity index (χ1n) is 7.29. The van der Waals surface area contributed by atoms with Gasteiger partial charge in [0, 0.05) is 32.0 Å². The Hall–Kier alpha value is -0.960. The van der Waals surface area contributed by atoms with Gasteiger partial charge in [0.25, 0.3) is 0 Å². The predicted octanol–water partition coefficient (Wildman–Crippen LogP) is 2.26. The number of aromatic nitrogens is 2. The van der Waals surface area contributed by atoms with Gasteiger partial charge in [0.2, 0.25) is 0 Å². The highest BCUT2D eigenvalue weighted by molar-refractivity contribution is 5.05. The van der Waals surface area contributed by atoms with Crippen molar-refractivity contribution >= 4 is 0 Å². The minimum atomic E-state index is 1.00. The van der Waals surface area contributed by atoms with Gasteiger partial charge in [0.1, 0.15) is 0 Å². The summed E-state index contributed by atoms with van der Waals surface area (Å²) in [6, 6.07) is 0. The summed E-state index contributed by atoms with van der Waals surface area (Å²) in [5, 5.41) is 0. The first-order valence-corrected chi connectivity index (χ1v) is 7.29. The first-order chi connectivity index (χ1) is 8.79. The molecule has 3 fully saturated rings. The fraction of sp³-hybridized carbons (Fsp3) is 0.733. The molecule has 4 rings (SSSR count). The van der Waals surface area contributed by atoms with Gasteiger partial charge in [0.05, 0.1) is 11.4 Å². The van der Waals surface area contributed by atoms with Crippen LogP contribution in [0.1, 0.15) is 30.7 Å². The number of fused-ring (bicyclic) bond motifs is 5. The summed E-state index contributed by atoms with van der Waals surface area (Å²) in [6.45, 7) is 5.64.